The SMILES string of the molecule is CCCC1=NC(C(=O)OCc2ccccc2)C(=O)N(N)c2ccccc21. The Kier molecular flexibility index (Phi) is 5.43. The summed E-state index contributed by atoms with van der Waals surface area (Å²) < 4.78 is 5.32. The number of nitrogens with zero attached hydrogens (tertiary/aromatic N) is 2. The maximum Gasteiger partial charge on any atom is 0.341 e. The van der Waals surface area contributed by atoms with Gasteiger partial charge in [0.2, 0.25) is 6.04 Å². The number of esters is 1. The molecule has 1 aliphatic rings. The lowest BCUT2D eigenvalue weighted by atomic mass is 10.0. The number of carbonyl (C=O) groups excluding carboxylic acids is 2. The van der Waals surface area contributed by atoms with Gasteiger partial charge in [0.15, 0.2) is 0 Å². The predicted octanol–water partition coefficient (Wildman–Crippen LogP) is 2.61. The van der Waals surface area contributed by atoms with Gasteiger partial charge in [-0.25, -0.2) is 15.6 Å². The van der Waals surface area contributed by atoms with Crippen LogP contribution in [-0.4, -0.2) is 23.6 Å². The molecular weight excluding hydrogens is 330 g/mol. The molecule has 0 aliphatic carbocycles. The van der Waals surface area contributed by atoms with Crippen molar-refractivity contribution < 1.29 is 14.3 Å². The summed E-state index contributed by atoms with van der Waals surface area (Å²) >= 11 is 0. The molecule has 0 aromatic heterocycles. The predicted molar refractivity (Wildman–Crippen MR) is 99.6 cm³/mol. The second-order valence-corrected chi connectivity index (χ2v) is 6.05. The fourth-order valence-electron chi connectivity index (χ4n) is 2.86. The van der Waals surface area contributed by atoms with Crippen LogP contribution >= 0.6 is 0 Å². The summed E-state index contributed by atoms with van der Waals surface area (Å²) in [4.78, 5) is 29.7. The van der Waals surface area contributed by atoms with Gasteiger partial charge in [-0.05, 0) is 18.1 Å². The molecule has 6 nitrogen and oxygen atoms in total. The Morgan fingerprint density at radius 3 is 2.58 bits per heavy atom. The molecule has 0 saturated heterocycles. The first kappa shape index (κ1) is 17.8. The van der Waals surface area contributed by atoms with Crippen LogP contribution in [0.2, 0.25) is 0 Å². The number of hydrogen-bond donors (Lipinski definition) is 1. The van der Waals surface area contributed by atoms with Crippen molar-refractivity contribution in [3.05, 3.63) is 65.7 Å². The highest BCUT2D eigenvalue weighted by Crippen LogP contribution is 2.25. The average molecular weight is 351 g/mol. The van der Waals surface area contributed by atoms with E-state index in [1.807, 2.05) is 49.4 Å². The normalized spacial score (nSPS) is 16.5. The summed E-state index contributed by atoms with van der Waals surface area (Å²) in [6.45, 7) is 2.10. The molecule has 1 amide bonds. The number of nitrogens with two attached hydrogens (primary N) is 1. The number of fused-ring (bicyclic) bond motifs is 1. The van der Waals surface area contributed by atoms with Gasteiger partial charge in [0.05, 0.1) is 5.69 Å². The molecule has 0 fully saturated rings. The third-order valence-corrected chi connectivity index (χ3v) is 4.16. The van der Waals surface area contributed by atoms with Gasteiger partial charge in [-0.2, -0.15) is 0 Å². The van der Waals surface area contributed by atoms with E-state index < -0.39 is 17.9 Å². The molecule has 2 N–H and O–H groups in total. The highest BCUT2D eigenvalue weighted by molar-refractivity contribution is 6.17. The first-order valence-electron chi connectivity index (χ1n) is 8.57. The van der Waals surface area contributed by atoms with E-state index in [4.69, 9.17) is 10.6 Å². The molecule has 6 heteroatoms. The number of rotatable bonds is 5. The van der Waals surface area contributed by atoms with E-state index in [9.17, 15) is 9.59 Å². The second-order valence-electron chi connectivity index (χ2n) is 6.05. The van der Waals surface area contributed by atoms with Crippen LogP contribution in [0.1, 0.15) is 30.9 Å². The molecule has 2 aromatic carbocycles. The van der Waals surface area contributed by atoms with Crippen molar-refractivity contribution in [2.75, 3.05) is 5.01 Å². The van der Waals surface area contributed by atoms with Crippen LogP contribution in [-0.2, 0) is 20.9 Å². The molecule has 1 atom stereocenters. The number of hydrogen-bond acceptors (Lipinski definition) is 5. The minimum absolute atomic E-state index is 0.0829. The van der Waals surface area contributed by atoms with Crippen molar-refractivity contribution in [1.29, 1.82) is 0 Å². The molecule has 26 heavy (non-hydrogen) atoms. The standard InChI is InChI=1S/C20H21N3O3/c1-2-8-16-15-11-6-7-12-17(15)23(21)19(24)18(22-16)20(25)26-13-14-9-4-3-5-10-14/h3-7,9-12,18H,2,8,13,21H2,1H3. The highest BCUT2D eigenvalue weighted by Gasteiger charge is 2.35. The Morgan fingerprint density at radius 1 is 1.15 bits per heavy atom. The van der Waals surface area contributed by atoms with Crippen LogP contribution in [0.5, 0.6) is 0 Å². The Balaban J connectivity index is 1.87. The van der Waals surface area contributed by atoms with Crippen LogP contribution in [0.3, 0.4) is 0 Å². The number of hydrazine groups is 1. The minimum atomic E-state index is -1.29. The summed E-state index contributed by atoms with van der Waals surface area (Å²) in [5.74, 6) is 4.69. The maximum atomic E-state index is 12.7. The summed E-state index contributed by atoms with van der Waals surface area (Å²) in [5, 5.41) is 0.996. The molecule has 1 aliphatic heterocycles. The number of amides is 1. The van der Waals surface area contributed by atoms with Gasteiger partial charge >= 0.3 is 5.97 Å². The summed E-state index contributed by atoms with van der Waals surface area (Å²) in [5.41, 5.74) is 2.84. The van der Waals surface area contributed by atoms with Gasteiger partial charge in [0.25, 0.3) is 5.91 Å². The maximum absolute atomic E-state index is 12.7. The molecule has 0 radical (unpaired) electrons. The number of benzodiazepines with no additional fused rings is 1. The zero-order chi connectivity index (χ0) is 18.5. The first-order chi connectivity index (χ1) is 12.6. The average Bonchev–Trinajstić information content (AvgIpc) is 2.78. The van der Waals surface area contributed by atoms with Crippen molar-refractivity contribution in [3.8, 4) is 0 Å². The van der Waals surface area contributed by atoms with Gasteiger partial charge in [0, 0.05) is 11.3 Å². The number of ether oxygens (including phenoxy) is 1. The van der Waals surface area contributed by atoms with E-state index in [-0.39, 0.29) is 6.61 Å². The third kappa shape index (κ3) is 3.65. The Hall–Kier alpha value is -2.99. The van der Waals surface area contributed by atoms with Gasteiger partial charge in [-0.1, -0.05) is 61.9 Å². The number of anilines is 1. The van der Waals surface area contributed by atoms with Gasteiger partial charge in [-0.15, -0.1) is 0 Å². The van der Waals surface area contributed by atoms with Gasteiger partial charge in [-0.3, -0.25) is 9.79 Å². The lowest BCUT2D eigenvalue weighted by Gasteiger charge is -2.19. The fraction of sp³-hybridized carbons (Fsp3) is 0.250. The van der Waals surface area contributed by atoms with Gasteiger partial charge < -0.3 is 4.74 Å². The number of para-hydroxylation sites is 1. The molecule has 0 spiro atoms. The van der Waals surface area contributed by atoms with Crippen molar-refractivity contribution in [3.63, 3.8) is 0 Å². The topological polar surface area (TPSA) is 85.0 Å². The summed E-state index contributed by atoms with van der Waals surface area (Å²) in [6, 6.07) is 15.2. The molecule has 134 valence electrons. The molecule has 2 aromatic rings. The van der Waals surface area contributed by atoms with Crippen LogP contribution in [0, 0.1) is 0 Å². The van der Waals surface area contributed by atoms with Crippen LogP contribution in [0.4, 0.5) is 5.69 Å². The quantitative estimate of drug-likeness (QED) is 0.388. The van der Waals surface area contributed by atoms with Crippen molar-refractivity contribution >= 4 is 23.3 Å². The first-order valence-corrected chi connectivity index (χ1v) is 8.57. The third-order valence-electron chi connectivity index (χ3n) is 4.16. The van der Waals surface area contributed by atoms with Crippen LogP contribution in [0.25, 0.3) is 0 Å². The van der Waals surface area contributed by atoms with Crippen molar-refractivity contribution in [1.82, 2.24) is 0 Å². The zero-order valence-corrected chi connectivity index (χ0v) is 14.6. The van der Waals surface area contributed by atoms with E-state index in [1.54, 1.807) is 12.1 Å². The van der Waals surface area contributed by atoms with Crippen LogP contribution in [0.15, 0.2) is 59.6 Å². The molecular formula is C20H21N3O3. The molecule has 3 rings (SSSR count). The van der Waals surface area contributed by atoms with Crippen molar-refractivity contribution in [2.24, 2.45) is 10.8 Å². The molecule has 1 heterocycles. The Labute approximate surface area is 152 Å². The van der Waals surface area contributed by atoms with Crippen LogP contribution < -0.4 is 10.9 Å². The summed E-state index contributed by atoms with van der Waals surface area (Å²) in [6.07, 6.45) is 1.47. The smallest absolute Gasteiger partial charge is 0.341 e. The summed E-state index contributed by atoms with van der Waals surface area (Å²) in [7, 11) is 0. The monoisotopic (exact) mass is 351 g/mol. The molecule has 1 unspecified atom stereocenters. The lowest BCUT2D eigenvalue weighted by molar-refractivity contribution is -0.149. The van der Waals surface area contributed by atoms with E-state index >= 15 is 0 Å². The number of benzene rings is 2. The Bertz CT molecular complexity index is 833. The van der Waals surface area contributed by atoms with Crippen molar-refractivity contribution in [2.45, 2.75) is 32.4 Å². The zero-order valence-electron chi connectivity index (χ0n) is 14.6. The number of aliphatic imine (C=N–C) groups is 1. The van der Waals surface area contributed by atoms with Gasteiger partial charge in [0.1, 0.15) is 6.61 Å². The number of carbonyl (C=O) groups is 2. The minimum Gasteiger partial charge on any atom is -0.459 e. The Morgan fingerprint density at radius 2 is 1.85 bits per heavy atom. The van der Waals surface area contributed by atoms with E-state index in [0.717, 1.165) is 22.6 Å². The largest absolute Gasteiger partial charge is 0.459 e. The van der Waals surface area contributed by atoms with E-state index in [2.05, 4.69) is 4.99 Å². The fourth-order valence-corrected chi connectivity index (χ4v) is 2.86. The molecule has 0 saturated carbocycles. The second kappa shape index (κ2) is 7.93. The lowest BCUT2D eigenvalue weighted by Crippen LogP contribution is -2.46. The van der Waals surface area contributed by atoms with E-state index in [0.29, 0.717) is 17.8 Å². The van der Waals surface area contributed by atoms with E-state index in [1.165, 1.54) is 0 Å². The highest BCUT2D eigenvalue weighted by atomic mass is 16.5. The molecule has 0 bridgehead atoms.